The lowest BCUT2D eigenvalue weighted by atomic mass is 10.2. The highest BCUT2D eigenvalue weighted by Crippen LogP contribution is 2.32. The summed E-state index contributed by atoms with van der Waals surface area (Å²) >= 11 is 7.96. The summed E-state index contributed by atoms with van der Waals surface area (Å²) in [6.07, 6.45) is 0. The van der Waals surface area contributed by atoms with Crippen LogP contribution in [0.4, 0.5) is 0 Å². The molecule has 100 valence electrons. The first kappa shape index (κ1) is 15.7. The van der Waals surface area contributed by atoms with Crippen molar-refractivity contribution in [3.63, 3.8) is 0 Å². The minimum Gasteiger partial charge on any atom is -0.352 e. The van der Waals surface area contributed by atoms with Crippen LogP contribution in [-0.2, 0) is 4.79 Å². The molecule has 18 heavy (non-hydrogen) atoms. The van der Waals surface area contributed by atoms with Gasteiger partial charge in [0, 0.05) is 10.5 Å². The molecular formula is C11H14Br2N2O2S. The van der Waals surface area contributed by atoms with Crippen LogP contribution in [0.5, 0.6) is 0 Å². The van der Waals surface area contributed by atoms with E-state index in [1.165, 1.54) is 11.3 Å². The van der Waals surface area contributed by atoms with Crippen LogP contribution in [0.1, 0.15) is 30.4 Å². The molecule has 1 unspecified atom stereocenters. The number of carbonyl (C=O) groups is 2. The Morgan fingerprint density at radius 1 is 1.22 bits per heavy atom. The Bertz CT molecular complexity index is 440. The number of rotatable bonds is 4. The molecule has 1 heterocycles. The molecular weight excluding hydrogens is 384 g/mol. The normalized spacial score (nSPS) is 12.3. The first-order valence-electron chi connectivity index (χ1n) is 5.37. The van der Waals surface area contributed by atoms with E-state index in [1.54, 1.807) is 13.0 Å². The number of amides is 2. The van der Waals surface area contributed by atoms with E-state index in [0.717, 1.165) is 8.26 Å². The molecule has 0 aliphatic heterocycles. The van der Waals surface area contributed by atoms with E-state index in [-0.39, 0.29) is 17.9 Å². The molecule has 2 N–H and O–H groups in total. The fourth-order valence-electron chi connectivity index (χ4n) is 1.20. The Kier molecular flexibility index (Phi) is 5.81. The second-order valence-electron chi connectivity index (χ2n) is 4.09. The summed E-state index contributed by atoms with van der Waals surface area (Å²) in [6.45, 7) is 5.41. The third kappa shape index (κ3) is 4.37. The zero-order chi connectivity index (χ0) is 13.9. The molecule has 7 heteroatoms. The van der Waals surface area contributed by atoms with Gasteiger partial charge in [-0.15, -0.1) is 11.3 Å². The van der Waals surface area contributed by atoms with Gasteiger partial charge in [-0.05, 0) is 58.7 Å². The molecule has 0 spiro atoms. The van der Waals surface area contributed by atoms with Crippen molar-refractivity contribution in [1.29, 1.82) is 0 Å². The van der Waals surface area contributed by atoms with Crippen molar-refractivity contribution in [2.45, 2.75) is 32.9 Å². The highest BCUT2D eigenvalue weighted by atomic mass is 79.9. The van der Waals surface area contributed by atoms with Crippen molar-refractivity contribution >= 4 is 55.0 Å². The third-order valence-electron chi connectivity index (χ3n) is 2.04. The monoisotopic (exact) mass is 396 g/mol. The maximum Gasteiger partial charge on any atom is 0.262 e. The van der Waals surface area contributed by atoms with Crippen molar-refractivity contribution in [3.05, 3.63) is 19.2 Å². The maximum atomic E-state index is 11.9. The topological polar surface area (TPSA) is 58.2 Å². The summed E-state index contributed by atoms with van der Waals surface area (Å²) in [7, 11) is 0. The lowest BCUT2D eigenvalue weighted by Crippen LogP contribution is -2.46. The summed E-state index contributed by atoms with van der Waals surface area (Å²) in [5.74, 6) is -0.439. The van der Waals surface area contributed by atoms with E-state index in [0.29, 0.717) is 4.88 Å². The quantitative estimate of drug-likeness (QED) is 0.820. The zero-order valence-corrected chi connectivity index (χ0v) is 14.2. The number of thiophene rings is 1. The van der Waals surface area contributed by atoms with Crippen LogP contribution < -0.4 is 10.6 Å². The molecule has 1 aromatic rings. The van der Waals surface area contributed by atoms with Crippen molar-refractivity contribution in [2.75, 3.05) is 0 Å². The fourth-order valence-corrected chi connectivity index (χ4v) is 3.14. The van der Waals surface area contributed by atoms with E-state index in [9.17, 15) is 9.59 Å². The van der Waals surface area contributed by atoms with Gasteiger partial charge in [0.1, 0.15) is 6.04 Å². The Hall–Kier alpha value is -0.400. The zero-order valence-electron chi connectivity index (χ0n) is 10.2. The second kappa shape index (κ2) is 6.68. The minimum absolute atomic E-state index is 0.0573. The van der Waals surface area contributed by atoms with E-state index in [2.05, 4.69) is 42.5 Å². The summed E-state index contributed by atoms with van der Waals surface area (Å²) in [4.78, 5) is 24.1. The lowest BCUT2D eigenvalue weighted by molar-refractivity contribution is -0.123. The van der Waals surface area contributed by atoms with Crippen molar-refractivity contribution in [1.82, 2.24) is 10.6 Å². The standard InChI is InChI=1S/C11H14Br2N2O2S/c1-5(2)14-10(16)6(3)15-11(17)8-4-7(12)9(13)18-8/h4-6H,1-3H3,(H,14,16)(H,15,17). The summed E-state index contributed by atoms with van der Waals surface area (Å²) in [6, 6.07) is 1.22. The van der Waals surface area contributed by atoms with Crippen LogP contribution in [0.3, 0.4) is 0 Å². The highest BCUT2D eigenvalue weighted by Gasteiger charge is 2.19. The Labute approximate surface area is 127 Å². The summed E-state index contributed by atoms with van der Waals surface area (Å²) in [5, 5.41) is 5.41. The number of halogens is 2. The van der Waals surface area contributed by atoms with E-state index in [1.807, 2.05) is 13.8 Å². The van der Waals surface area contributed by atoms with Gasteiger partial charge in [-0.25, -0.2) is 0 Å². The van der Waals surface area contributed by atoms with Crippen LogP contribution in [0.25, 0.3) is 0 Å². The summed E-state index contributed by atoms with van der Waals surface area (Å²) < 4.78 is 1.68. The predicted octanol–water partition coefficient (Wildman–Crippen LogP) is 2.92. The van der Waals surface area contributed by atoms with Gasteiger partial charge in [0.15, 0.2) is 0 Å². The summed E-state index contributed by atoms with van der Waals surface area (Å²) in [5.41, 5.74) is 0. The van der Waals surface area contributed by atoms with Crippen molar-refractivity contribution in [3.8, 4) is 0 Å². The van der Waals surface area contributed by atoms with Crippen LogP contribution in [0.15, 0.2) is 14.3 Å². The fraction of sp³-hybridized carbons (Fsp3) is 0.455. The average molecular weight is 398 g/mol. The van der Waals surface area contributed by atoms with Gasteiger partial charge >= 0.3 is 0 Å². The molecule has 0 saturated heterocycles. The third-order valence-corrected chi connectivity index (χ3v) is 5.30. The molecule has 0 aliphatic carbocycles. The number of carbonyl (C=O) groups excluding carboxylic acids is 2. The number of hydrogen-bond donors (Lipinski definition) is 2. The van der Waals surface area contributed by atoms with Crippen molar-refractivity contribution in [2.24, 2.45) is 0 Å². The van der Waals surface area contributed by atoms with E-state index >= 15 is 0 Å². The van der Waals surface area contributed by atoms with Crippen LogP contribution in [0.2, 0.25) is 0 Å². The first-order valence-corrected chi connectivity index (χ1v) is 7.77. The molecule has 1 atom stereocenters. The molecule has 0 aliphatic rings. The lowest BCUT2D eigenvalue weighted by Gasteiger charge is -2.15. The predicted molar refractivity (Wildman–Crippen MR) is 79.9 cm³/mol. The Morgan fingerprint density at radius 3 is 2.28 bits per heavy atom. The van der Waals surface area contributed by atoms with Crippen molar-refractivity contribution < 1.29 is 9.59 Å². The molecule has 0 bridgehead atoms. The van der Waals surface area contributed by atoms with E-state index < -0.39 is 6.04 Å². The molecule has 1 rings (SSSR count). The van der Waals surface area contributed by atoms with Gasteiger partial charge in [-0.3, -0.25) is 9.59 Å². The molecule has 1 aromatic heterocycles. The Morgan fingerprint density at radius 2 is 1.83 bits per heavy atom. The minimum atomic E-state index is -0.556. The molecule has 0 aromatic carbocycles. The van der Waals surface area contributed by atoms with Gasteiger partial charge in [-0.1, -0.05) is 0 Å². The van der Waals surface area contributed by atoms with Crippen LogP contribution >= 0.6 is 43.2 Å². The smallest absolute Gasteiger partial charge is 0.262 e. The molecule has 0 fully saturated rings. The highest BCUT2D eigenvalue weighted by molar-refractivity contribution is 9.13. The molecule has 2 amide bonds. The van der Waals surface area contributed by atoms with Gasteiger partial charge in [0.25, 0.3) is 5.91 Å². The van der Waals surface area contributed by atoms with Crippen LogP contribution in [-0.4, -0.2) is 23.9 Å². The largest absolute Gasteiger partial charge is 0.352 e. The number of hydrogen-bond acceptors (Lipinski definition) is 3. The first-order chi connectivity index (χ1) is 8.31. The molecule has 0 radical (unpaired) electrons. The van der Waals surface area contributed by atoms with Gasteiger partial charge in [0.2, 0.25) is 5.91 Å². The van der Waals surface area contributed by atoms with Gasteiger partial charge in [-0.2, -0.15) is 0 Å². The number of nitrogens with one attached hydrogen (secondary N) is 2. The van der Waals surface area contributed by atoms with Gasteiger partial charge < -0.3 is 10.6 Å². The maximum absolute atomic E-state index is 11.9. The van der Waals surface area contributed by atoms with Gasteiger partial charge in [0.05, 0.1) is 8.66 Å². The molecule has 4 nitrogen and oxygen atoms in total. The van der Waals surface area contributed by atoms with E-state index in [4.69, 9.17) is 0 Å². The Balaban J connectivity index is 2.62. The SMILES string of the molecule is CC(C)NC(=O)C(C)NC(=O)c1cc(Br)c(Br)s1. The van der Waals surface area contributed by atoms with Crippen LogP contribution in [0, 0.1) is 0 Å². The molecule has 0 saturated carbocycles. The second-order valence-corrected chi connectivity index (χ2v) is 7.32. The average Bonchev–Trinajstić information content (AvgIpc) is 2.58.